The van der Waals surface area contributed by atoms with E-state index in [4.69, 9.17) is 0 Å². The first-order chi connectivity index (χ1) is 11.5. The predicted molar refractivity (Wildman–Crippen MR) is 86.8 cm³/mol. The largest absolute Gasteiger partial charge is 0.494 e. The lowest BCUT2D eigenvalue weighted by molar-refractivity contribution is -0.123. The number of nitrogens with zero attached hydrogens (tertiary/aromatic N) is 1. The minimum atomic E-state index is -0.334. The van der Waals surface area contributed by atoms with E-state index in [1.807, 2.05) is 0 Å². The van der Waals surface area contributed by atoms with Crippen LogP contribution in [0.1, 0.15) is 52.6 Å². The summed E-state index contributed by atoms with van der Waals surface area (Å²) in [5.74, 6) is -0.614. The summed E-state index contributed by atoms with van der Waals surface area (Å²) < 4.78 is 1.33. The summed E-state index contributed by atoms with van der Waals surface area (Å²) in [7, 11) is 1.54. The summed E-state index contributed by atoms with van der Waals surface area (Å²) in [6, 6.07) is 6.67. The Bertz CT molecular complexity index is 868. The van der Waals surface area contributed by atoms with Gasteiger partial charge in [-0.2, -0.15) is 0 Å². The molecule has 3 aliphatic rings. The standard InChI is InChI=1S/C18H18N2O4/c1-19-16(22)10-3-2-4-11(7-10)20-17(23)14-9-5-6-12(13(21)8-9)15(14)18(20)24/h2-4,7,9,12,23-24H,5-6,8H2,1H3,(H,19,22)/t9-,12+/m0/s1. The lowest BCUT2D eigenvalue weighted by atomic mass is 9.67. The monoisotopic (exact) mass is 326 g/mol. The van der Waals surface area contributed by atoms with E-state index in [9.17, 15) is 19.8 Å². The number of hydrogen-bond donors (Lipinski definition) is 3. The van der Waals surface area contributed by atoms with Crippen LogP contribution in [0.5, 0.6) is 11.8 Å². The van der Waals surface area contributed by atoms with Crippen LogP contribution in [-0.2, 0) is 4.79 Å². The Hall–Kier alpha value is -2.76. The molecule has 0 radical (unpaired) electrons. The van der Waals surface area contributed by atoms with Gasteiger partial charge in [-0.1, -0.05) is 6.07 Å². The summed E-state index contributed by atoms with van der Waals surface area (Å²) in [4.78, 5) is 24.0. The highest BCUT2D eigenvalue weighted by atomic mass is 16.3. The van der Waals surface area contributed by atoms with Crippen LogP contribution in [0.2, 0.25) is 0 Å². The molecule has 2 aromatic rings. The van der Waals surface area contributed by atoms with E-state index in [2.05, 4.69) is 5.32 Å². The quantitative estimate of drug-likeness (QED) is 0.789. The third kappa shape index (κ3) is 1.89. The third-order valence-electron chi connectivity index (χ3n) is 5.19. The Morgan fingerprint density at radius 3 is 2.67 bits per heavy atom. The number of hydrogen-bond acceptors (Lipinski definition) is 4. The van der Waals surface area contributed by atoms with Crippen molar-refractivity contribution in [3.05, 3.63) is 41.0 Å². The van der Waals surface area contributed by atoms with Crippen molar-refractivity contribution in [3.8, 4) is 17.4 Å². The molecule has 1 aromatic carbocycles. The number of carbonyl (C=O) groups is 2. The van der Waals surface area contributed by atoms with Crippen LogP contribution >= 0.6 is 0 Å². The highest BCUT2D eigenvalue weighted by molar-refractivity contribution is 5.95. The molecular formula is C18H18N2O4. The van der Waals surface area contributed by atoms with E-state index in [0.29, 0.717) is 35.2 Å². The number of rotatable bonds is 2. The molecule has 1 saturated carbocycles. The number of ketones is 1. The summed E-state index contributed by atoms with van der Waals surface area (Å²) in [6.07, 6.45) is 1.98. The van der Waals surface area contributed by atoms with E-state index < -0.39 is 0 Å². The van der Waals surface area contributed by atoms with Gasteiger partial charge in [0.05, 0.1) is 5.69 Å². The molecule has 124 valence electrons. The predicted octanol–water partition coefficient (Wildman–Crippen LogP) is 2.18. The van der Waals surface area contributed by atoms with Crippen LogP contribution in [0.25, 0.3) is 5.69 Å². The van der Waals surface area contributed by atoms with Gasteiger partial charge in [-0.15, -0.1) is 0 Å². The molecule has 0 aliphatic heterocycles. The fourth-order valence-electron chi connectivity index (χ4n) is 4.07. The second-order valence-corrected chi connectivity index (χ2v) is 6.44. The Morgan fingerprint density at radius 2 is 1.96 bits per heavy atom. The van der Waals surface area contributed by atoms with Crippen molar-refractivity contribution in [2.24, 2.45) is 0 Å². The fourth-order valence-corrected chi connectivity index (χ4v) is 4.07. The van der Waals surface area contributed by atoms with Gasteiger partial charge in [0.2, 0.25) is 11.8 Å². The molecule has 24 heavy (non-hydrogen) atoms. The van der Waals surface area contributed by atoms with Crippen molar-refractivity contribution in [3.63, 3.8) is 0 Å². The minimum Gasteiger partial charge on any atom is -0.494 e. The number of carbonyl (C=O) groups excluding carboxylic acids is 2. The Labute approximate surface area is 138 Å². The fraction of sp³-hybridized carbons (Fsp3) is 0.333. The minimum absolute atomic E-state index is 0.0289. The average Bonchev–Trinajstić information content (AvgIpc) is 2.87. The van der Waals surface area contributed by atoms with Gasteiger partial charge in [-0.3, -0.25) is 14.2 Å². The van der Waals surface area contributed by atoms with Crippen molar-refractivity contribution in [1.82, 2.24) is 9.88 Å². The number of nitrogens with one attached hydrogen (secondary N) is 1. The maximum atomic E-state index is 12.2. The van der Waals surface area contributed by atoms with Gasteiger partial charge in [-0.25, -0.2) is 0 Å². The number of fused-ring (bicyclic) bond motifs is 2. The Balaban J connectivity index is 1.90. The molecule has 2 atom stereocenters. The molecule has 0 unspecified atom stereocenters. The van der Waals surface area contributed by atoms with Gasteiger partial charge >= 0.3 is 0 Å². The van der Waals surface area contributed by atoms with Crippen LogP contribution in [0.3, 0.4) is 0 Å². The normalized spacial score (nSPS) is 21.6. The SMILES string of the molecule is CNC(=O)c1cccc(-n2c(O)c3c(c2O)[C@@H]2CC[C@H]3CC2=O)c1. The van der Waals surface area contributed by atoms with Gasteiger partial charge in [-0.05, 0) is 37.0 Å². The summed E-state index contributed by atoms with van der Waals surface area (Å²) in [5.41, 5.74) is 2.17. The van der Waals surface area contributed by atoms with Gasteiger partial charge in [0, 0.05) is 36.1 Å². The number of benzene rings is 1. The van der Waals surface area contributed by atoms with E-state index in [0.717, 1.165) is 6.42 Å². The number of aromatic hydroxyl groups is 2. The van der Waals surface area contributed by atoms with E-state index in [1.54, 1.807) is 31.3 Å². The van der Waals surface area contributed by atoms with Crippen molar-refractivity contribution in [2.45, 2.75) is 31.1 Å². The van der Waals surface area contributed by atoms with Crippen molar-refractivity contribution < 1.29 is 19.8 Å². The molecule has 1 heterocycles. The van der Waals surface area contributed by atoms with Crippen LogP contribution in [0.4, 0.5) is 0 Å². The molecule has 5 rings (SSSR count). The smallest absolute Gasteiger partial charge is 0.251 e. The highest BCUT2D eigenvalue weighted by Crippen LogP contribution is 2.55. The zero-order valence-electron chi connectivity index (χ0n) is 13.2. The zero-order chi connectivity index (χ0) is 17.0. The molecule has 3 N–H and O–H groups in total. The first-order valence-corrected chi connectivity index (χ1v) is 8.04. The number of aromatic nitrogens is 1. The molecule has 1 fully saturated rings. The first kappa shape index (κ1) is 14.8. The van der Waals surface area contributed by atoms with Gasteiger partial charge in [0.1, 0.15) is 5.78 Å². The summed E-state index contributed by atoms with van der Waals surface area (Å²) in [6.45, 7) is 0. The zero-order valence-corrected chi connectivity index (χ0v) is 13.2. The molecule has 2 bridgehead atoms. The second-order valence-electron chi connectivity index (χ2n) is 6.44. The molecule has 0 saturated heterocycles. The van der Waals surface area contributed by atoms with Gasteiger partial charge in [0.25, 0.3) is 5.91 Å². The molecule has 6 nitrogen and oxygen atoms in total. The molecule has 3 aliphatic carbocycles. The summed E-state index contributed by atoms with van der Waals surface area (Å²) in [5, 5.41) is 23.9. The molecule has 1 amide bonds. The number of Topliss-reactive ketones (excluding diaryl/α,β-unsaturated/α-hetero) is 1. The lowest BCUT2D eigenvalue weighted by Gasteiger charge is -2.34. The van der Waals surface area contributed by atoms with Crippen molar-refractivity contribution in [2.75, 3.05) is 7.05 Å². The van der Waals surface area contributed by atoms with Crippen LogP contribution in [-0.4, -0.2) is 33.5 Å². The van der Waals surface area contributed by atoms with E-state index in [1.165, 1.54) is 4.57 Å². The molecule has 1 aromatic heterocycles. The maximum Gasteiger partial charge on any atom is 0.251 e. The van der Waals surface area contributed by atoms with E-state index >= 15 is 0 Å². The highest BCUT2D eigenvalue weighted by Gasteiger charge is 2.45. The van der Waals surface area contributed by atoms with Crippen molar-refractivity contribution in [1.29, 1.82) is 0 Å². The third-order valence-corrected chi connectivity index (χ3v) is 5.19. The maximum absolute atomic E-state index is 12.2. The Kier molecular flexibility index (Phi) is 3.16. The summed E-state index contributed by atoms with van der Waals surface area (Å²) >= 11 is 0. The molecule has 6 heteroatoms. The molecule has 0 spiro atoms. The van der Waals surface area contributed by atoms with Crippen LogP contribution < -0.4 is 5.32 Å². The average molecular weight is 326 g/mol. The Morgan fingerprint density at radius 1 is 1.21 bits per heavy atom. The van der Waals surface area contributed by atoms with Gasteiger partial charge < -0.3 is 15.5 Å². The second kappa shape index (κ2) is 5.12. The lowest BCUT2D eigenvalue weighted by Crippen LogP contribution is -2.28. The van der Waals surface area contributed by atoms with Crippen LogP contribution in [0.15, 0.2) is 24.3 Å². The molecular weight excluding hydrogens is 308 g/mol. The van der Waals surface area contributed by atoms with Gasteiger partial charge in [0.15, 0.2) is 0 Å². The van der Waals surface area contributed by atoms with E-state index in [-0.39, 0.29) is 35.3 Å². The number of amides is 1. The first-order valence-electron chi connectivity index (χ1n) is 8.04. The topological polar surface area (TPSA) is 91.6 Å². The van der Waals surface area contributed by atoms with Crippen molar-refractivity contribution >= 4 is 11.7 Å². The van der Waals surface area contributed by atoms with Crippen LogP contribution in [0, 0.1) is 0 Å².